The van der Waals surface area contributed by atoms with E-state index in [1.54, 1.807) is 30.7 Å². The fraction of sp³-hybridized carbons (Fsp3) is 0.360. The van der Waals surface area contributed by atoms with Crippen LogP contribution >= 0.6 is 11.6 Å². The molecule has 34 heavy (non-hydrogen) atoms. The number of rotatable bonds is 5. The third kappa shape index (κ3) is 5.13. The van der Waals surface area contributed by atoms with Crippen molar-refractivity contribution in [2.45, 2.75) is 38.3 Å². The molecule has 1 saturated heterocycles. The van der Waals surface area contributed by atoms with Crippen LogP contribution in [-0.4, -0.2) is 60.3 Å². The zero-order chi connectivity index (χ0) is 24.2. The highest BCUT2D eigenvalue weighted by Gasteiger charge is 2.34. The second-order valence-corrected chi connectivity index (χ2v) is 8.83. The number of amidine groups is 2. The van der Waals surface area contributed by atoms with Gasteiger partial charge in [0.25, 0.3) is 5.84 Å². The van der Waals surface area contributed by atoms with E-state index in [9.17, 15) is 4.79 Å². The number of nitrogens with one attached hydrogen (secondary N) is 2. The van der Waals surface area contributed by atoms with Gasteiger partial charge in [-0.2, -0.15) is 5.41 Å². The molecule has 2 heterocycles. The average Bonchev–Trinajstić information content (AvgIpc) is 2.94. The quantitative estimate of drug-likeness (QED) is 0.344. The number of halogens is 1. The Bertz CT molecular complexity index is 1150. The topological polar surface area (TPSA) is 113 Å². The number of carbonyl (C=O) groups excluding carboxylic acids is 1. The summed E-state index contributed by atoms with van der Waals surface area (Å²) in [5, 5.41) is 12.8. The second-order valence-electron chi connectivity index (χ2n) is 8.39. The summed E-state index contributed by atoms with van der Waals surface area (Å²) in [5.41, 5.74) is 9.10. The number of hydrogen-bond donors (Lipinski definition) is 3. The Balaban J connectivity index is 1.79. The van der Waals surface area contributed by atoms with E-state index in [4.69, 9.17) is 37.2 Å². The molecular formula is C25H29ClN5O3+. The number of piperidine rings is 1. The van der Waals surface area contributed by atoms with Gasteiger partial charge in [0.15, 0.2) is 5.84 Å². The monoisotopic (exact) mass is 482 g/mol. The van der Waals surface area contributed by atoms with E-state index in [0.717, 1.165) is 37.1 Å². The van der Waals surface area contributed by atoms with Crippen molar-refractivity contribution >= 4 is 40.6 Å². The number of benzene rings is 2. The lowest BCUT2D eigenvalue weighted by molar-refractivity contribution is -0.314. The lowest BCUT2D eigenvalue weighted by atomic mass is 10.00. The molecule has 0 spiro atoms. The van der Waals surface area contributed by atoms with Crippen molar-refractivity contribution in [2.24, 2.45) is 10.7 Å². The summed E-state index contributed by atoms with van der Waals surface area (Å²) in [4.78, 5) is 17.8. The molecule has 0 radical (unpaired) electrons. The Hall–Kier alpha value is -3.23. The standard InChI is InChI=1S/C25H28ClN5O3/c1-15(27)31-22-8-7-19(33-2)13-20(22)24(16-3-5-17(26)6-4-16)30-21(25(31)28)14-23(32)34-18-9-11-29-12-10-18/h3-8,13,18,21,27-29H,9-12,14H2,1-2H3/p+1/t21-/m0/s1. The lowest BCUT2D eigenvalue weighted by Crippen LogP contribution is -2.37. The minimum Gasteiger partial charge on any atom is -0.497 e. The lowest BCUT2D eigenvalue weighted by Gasteiger charge is -2.23. The number of hydrogen-bond acceptors (Lipinski definition) is 6. The van der Waals surface area contributed by atoms with E-state index >= 15 is 0 Å². The Morgan fingerprint density at radius 2 is 1.94 bits per heavy atom. The first-order valence-electron chi connectivity index (χ1n) is 11.3. The van der Waals surface area contributed by atoms with Crippen molar-refractivity contribution in [3.8, 4) is 5.75 Å². The van der Waals surface area contributed by atoms with Gasteiger partial charge in [0.05, 0.1) is 19.2 Å². The number of carbonyl (C=O) groups is 1. The van der Waals surface area contributed by atoms with Gasteiger partial charge >= 0.3 is 5.97 Å². The predicted molar refractivity (Wildman–Crippen MR) is 133 cm³/mol. The molecular weight excluding hydrogens is 454 g/mol. The Morgan fingerprint density at radius 1 is 1.24 bits per heavy atom. The third-order valence-electron chi connectivity index (χ3n) is 5.96. The van der Waals surface area contributed by atoms with E-state index < -0.39 is 6.04 Å². The molecule has 2 aliphatic rings. The molecule has 1 atom stereocenters. The van der Waals surface area contributed by atoms with Gasteiger partial charge in [-0.25, -0.2) is 4.58 Å². The van der Waals surface area contributed by atoms with E-state index in [1.807, 2.05) is 30.3 Å². The maximum Gasteiger partial charge on any atom is 0.308 e. The highest BCUT2D eigenvalue weighted by Crippen LogP contribution is 2.32. The molecule has 8 nitrogen and oxygen atoms in total. The summed E-state index contributed by atoms with van der Waals surface area (Å²) in [5.74, 6) is 0.780. The van der Waals surface area contributed by atoms with Gasteiger partial charge in [-0.1, -0.05) is 23.7 Å². The SMILES string of the molecule is COc1ccc2c(c1)C(c1ccc(Cl)cc1)=N[C@@H](CC(=O)OC1CCNCC1)C(=N)[N+]2=C(C)N. The van der Waals surface area contributed by atoms with Crippen LogP contribution in [0.2, 0.25) is 5.02 Å². The van der Waals surface area contributed by atoms with Crippen LogP contribution in [0.25, 0.3) is 0 Å². The number of esters is 1. The minimum absolute atomic E-state index is 0.0608. The highest BCUT2D eigenvalue weighted by molar-refractivity contribution is 6.30. The summed E-state index contributed by atoms with van der Waals surface area (Å²) < 4.78 is 12.8. The van der Waals surface area contributed by atoms with E-state index in [2.05, 4.69) is 5.32 Å². The van der Waals surface area contributed by atoms with Gasteiger partial charge in [-0.15, -0.1) is 0 Å². The average molecular weight is 483 g/mol. The number of methoxy groups -OCH3 is 1. The third-order valence-corrected chi connectivity index (χ3v) is 6.21. The fourth-order valence-electron chi connectivity index (χ4n) is 4.26. The Labute approximate surface area is 203 Å². The number of ether oxygens (including phenoxy) is 2. The van der Waals surface area contributed by atoms with Crippen LogP contribution < -0.4 is 15.8 Å². The van der Waals surface area contributed by atoms with Crippen molar-refractivity contribution < 1.29 is 18.8 Å². The number of nitrogens with zero attached hydrogens (tertiary/aromatic N) is 2. The molecule has 0 aliphatic carbocycles. The van der Waals surface area contributed by atoms with Crippen LogP contribution in [0.3, 0.4) is 0 Å². The number of fused-ring (bicyclic) bond motifs is 1. The van der Waals surface area contributed by atoms with Crippen LogP contribution in [-0.2, 0) is 9.53 Å². The summed E-state index contributed by atoms with van der Waals surface area (Å²) in [6, 6.07) is 12.0. The number of benzodiazepines with no additional fused rings is 1. The molecule has 4 rings (SSSR count). The van der Waals surface area contributed by atoms with E-state index in [0.29, 0.717) is 28.0 Å². The molecule has 0 bridgehead atoms. The van der Waals surface area contributed by atoms with Crippen LogP contribution in [0.5, 0.6) is 5.75 Å². The van der Waals surface area contributed by atoms with Crippen LogP contribution in [0.1, 0.15) is 37.3 Å². The predicted octanol–water partition coefficient (Wildman–Crippen LogP) is 3.25. The Kier molecular flexibility index (Phi) is 7.29. The molecule has 9 heteroatoms. The Morgan fingerprint density at radius 3 is 2.59 bits per heavy atom. The minimum atomic E-state index is -0.781. The van der Waals surface area contributed by atoms with E-state index in [1.165, 1.54) is 0 Å². The van der Waals surface area contributed by atoms with Gasteiger partial charge in [0.1, 0.15) is 23.6 Å². The van der Waals surface area contributed by atoms with Crippen molar-refractivity contribution in [3.05, 3.63) is 58.6 Å². The highest BCUT2D eigenvalue weighted by atomic mass is 35.5. The smallest absolute Gasteiger partial charge is 0.308 e. The van der Waals surface area contributed by atoms with Gasteiger partial charge < -0.3 is 20.5 Å². The van der Waals surface area contributed by atoms with Crippen LogP contribution in [0.15, 0.2) is 47.5 Å². The number of aliphatic imine (C=N–C) groups is 1. The molecule has 0 saturated carbocycles. The summed E-state index contributed by atoms with van der Waals surface area (Å²) in [7, 11) is 1.59. The maximum absolute atomic E-state index is 12.9. The van der Waals surface area contributed by atoms with Gasteiger partial charge in [0.2, 0.25) is 0 Å². The van der Waals surface area contributed by atoms with Gasteiger partial charge in [-0.3, -0.25) is 9.79 Å². The first-order valence-corrected chi connectivity index (χ1v) is 11.6. The van der Waals surface area contributed by atoms with Gasteiger partial charge in [0, 0.05) is 23.1 Å². The number of nitrogens with two attached hydrogens (primary N) is 1. The van der Waals surface area contributed by atoms with Crippen molar-refractivity contribution in [3.63, 3.8) is 0 Å². The van der Waals surface area contributed by atoms with Gasteiger partial charge in [-0.05, 0) is 56.3 Å². The van der Waals surface area contributed by atoms with Crippen LogP contribution in [0, 0.1) is 5.41 Å². The first-order chi connectivity index (χ1) is 16.4. The normalized spacial score (nSPS) is 20.1. The summed E-state index contributed by atoms with van der Waals surface area (Å²) >= 11 is 6.12. The van der Waals surface area contributed by atoms with Crippen LogP contribution in [0.4, 0.5) is 5.69 Å². The zero-order valence-electron chi connectivity index (χ0n) is 19.3. The molecule has 2 aromatic carbocycles. The fourth-order valence-corrected chi connectivity index (χ4v) is 4.38. The van der Waals surface area contributed by atoms with E-state index in [-0.39, 0.29) is 24.3 Å². The first kappa shape index (κ1) is 23.9. The summed E-state index contributed by atoms with van der Waals surface area (Å²) in [6.07, 6.45) is 1.38. The molecule has 1 fully saturated rings. The molecule has 0 unspecified atom stereocenters. The molecule has 0 amide bonds. The maximum atomic E-state index is 12.9. The molecule has 4 N–H and O–H groups in total. The summed E-state index contributed by atoms with van der Waals surface area (Å²) in [6.45, 7) is 3.37. The molecule has 2 aromatic rings. The molecule has 178 valence electrons. The zero-order valence-corrected chi connectivity index (χ0v) is 20.1. The van der Waals surface area contributed by atoms with Crippen molar-refractivity contribution in [1.29, 1.82) is 5.41 Å². The van der Waals surface area contributed by atoms with Crippen molar-refractivity contribution in [2.75, 3.05) is 20.2 Å². The second kappa shape index (κ2) is 10.4. The molecule has 0 aromatic heterocycles. The molecule has 2 aliphatic heterocycles. The largest absolute Gasteiger partial charge is 0.497 e. The van der Waals surface area contributed by atoms with Crippen molar-refractivity contribution in [1.82, 2.24) is 5.32 Å².